The van der Waals surface area contributed by atoms with Crippen LogP contribution in [0.25, 0.3) is 55.5 Å². The Morgan fingerprint density at radius 1 is 0.711 bits per heavy atom. The molecule has 7 aromatic rings. The van der Waals surface area contributed by atoms with Crippen LogP contribution in [0.3, 0.4) is 0 Å². The molecule has 0 aliphatic rings. The second-order valence-corrected chi connectivity index (χ2v) is 9.82. The molecular weight excluding hydrogens is 468 g/mol. The van der Waals surface area contributed by atoms with Gasteiger partial charge < -0.3 is 9.15 Å². The summed E-state index contributed by atoms with van der Waals surface area (Å²) in [6, 6.07) is 38.9. The molecule has 0 aliphatic heterocycles. The Kier molecular flexibility index (Phi) is 5.08. The van der Waals surface area contributed by atoms with Crippen molar-refractivity contribution in [3.63, 3.8) is 0 Å². The van der Waals surface area contributed by atoms with E-state index in [1.807, 2.05) is 18.2 Å². The minimum Gasteiger partial charge on any atom is -0.455 e. The molecule has 4 nitrogen and oxygen atoms in total. The van der Waals surface area contributed by atoms with Gasteiger partial charge in [-0.05, 0) is 79.1 Å². The fourth-order valence-electron chi connectivity index (χ4n) is 5.68. The van der Waals surface area contributed by atoms with E-state index in [1.54, 1.807) is 7.11 Å². The van der Waals surface area contributed by atoms with Crippen molar-refractivity contribution in [3.8, 4) is 28.5 Å². The minimum atomic E-state index is 0.746. The van der Waals surface area contributed by atoms with E-state index >= 15 is 0 Å². The first-order valence-electron chi connectivity index (χ1n) is 12.8. The number of para-hydroxylation sites is 3. The number of ether oxygens (including phenoxy) is 1. The maximum atomic E-state index is 6.37. The quantitative estimate of drug-likeness (QED) is 0.231. The number of methoxy groups -OCH3 is 1. The number of hydrogen-bond donors (Lipinski definition) is 0. The molecule has 0 aliphatic carbocycles. The Morgan fingerprint density at radius 3 is 2.24 bits per heavy atom. The molecule has 0 unspecified atom stereocenters. The SMILES string of the molecule is COc1n(-c2cc(C)cc(C)c2)c2ccc(-c3cccc4c3oc3ccccc34)cc2[n+]1-c1ccccc1. The van der Waals surface area contributed by atoms with E-state index in [0.717, 1.165) is 61.5 Å². The number of aryl methyl sites for hydroxylation is 2. The monoisotopic (exact) mass is 495 g/mol. The molecule has 0 atom stereocenters. The van der Waals surface area contributed by atoms with Crippen LogP contribution in [0.2, 0.25) is 0 Å². The van der Waals surface area contributed by atoms with Gasteiger partial charge in [-0.3, -0.25) is 0 Å². The van der Waals surface area contributed by atoms with Crippen LogP contribution in [-0.4, -0.2) is 11.7 Å². The number of fused-ring (bicyclic) bond motifs is 4. The third-order valence-electron chi connectivity index (χ3n) is 7.22. The van der Waals surface area contributed by atoms with Crippen molar-refractivity contribution >= 4 is 33.0 Å². The molecule has 5 aromatic carbocycles. The molecule has 0 N–H and O–H groups in total. The summed E-state index contributed by atoms with van der Waals surface area (Å²) < 4.78 is 16.9. The summed E-state index contributed by atoms with van der Waals surface area (Å²) in [5.74, 6) is 0. The molecule has 0 amide bonds. The van der Waals surface area contributed by atoms with Gasteiger partial charge in [0.15, 0.2) is 11.0 Å². The molecule has 0 saturated heterocycles. The van der Waals surface area contributed by atoms with Crippen LogP contribution in [0.5, 0.6) is 6.01 Å². The minimum absolute atomic E-state index is 0.746. The van der Waals surface area contributed by atoms with Crippen LogP contribution in [0.1, 0.15) is 11.1 Å². The average molecular weight is 496 g/mol. The van der Waals surface area contributed by atoms with Crippen LogP contribution in [0, 0.1) is 13.8 Å². The molecule has 0 radical (unpaired) electrons. The predicted molar refractivity (Wildman–Crippen MR) is 154 cm³/mol. The van der Waals surface area contributed by atoms with E-state index < -0.39 is 0 Å². The Bertz CT molecular complexity index is 1960. The molecule has 2 heterocycles. The van der Waals surface area contributed by atoms with E-state index in [9.17, 15) is 0 Å². The number of furan rings is 1. The first-order valence-corrected chi connectivity index (χ1v) is 12.8. The van der Waals surface area contributed by atoms with Gasteiger partial charge in [0.1, 0.15) is 22.5 Å². The summed E-state index contributed by atoms with van der Waals surface area (Å²) in [6.07, 6.45) is 0. The number of aromatic nitrogens is 2. The molecule has 184 valence electrons. The van der Waals surface area contributed by atoms with Gasteiger partial charge in [0, 0.05) is 16.3 Å². The maximum Gasteiger partial charge on any atom is 0.467 e. The van der Waals surface area contributed by atoms with E-state index in [-0.39, 0.29) is 0 Å². The van der Waals surface area contributed by atoms with Crippen molar-refractivity contribution in [2.24, 2.45) is 0 Å². The van der Waals surface area contributed by atoms with Gasteiger partial charge in [0.25, 0.3) is 0 Å². The van der Waals surface area contributed by atoms with E-state index in [0.29, 0.717) is 0 Å². The van der Waals surface area contributed by atoms with Crippen LogP contribution >= 0.6 is 0 Å². The number of rotatable bonds is 4. The lowest BCUT2D eigenvalue weighted by molar-refractivity contribution is -0.575. The first-order chi connectivity index (χ1) is 18.6. The largest absolute Gasteiger partial charge is 0.467 e. The van der Waals surface area contributed by atoms with Crippen molar-refractivity contribution in [1.82, 2.24) is 4.57 Å². The van der Waals surface area contributed by atoms with Crippen LogP contribution in [0.4, 0.5) is 0 Å². The molecule has 7 rings (SSSR count). The molecule has 0 saturated carbocycles. The average Bonchev–Trinajstić information content (AvgIpc) is 3.48. The van der Waals surface area contributed by atoms with Crippen molar-refractivity contribution in [2.75, 3.05) is 7.11 Å². The summed E-state index contributed by atoms with van der Waals surface area (Å²) in [5, 5.41) is 2.26. The van der Waals surface area contributed by atoms with Gasteiger partial charge in [0.2, 0.25) is 0 Å². The highest BCUT2D eigenvalue weighted by Crippen LogP contribution is 2.37. The Labute approximate surface area is 220 Å². The van der Waals surface area contributed by atoms with Crippen LogP contribution < -0.4 is 9.30 Å². The van der Waals surface area contributed by atoms with Crippen LogP contribution in [0.15, 0.2) is 114 Å². The third-order valence-corrected chi connectivity index (χ3v) is 7.22. The number of benzene rings is 5. The third kappa shape index (κ3) is 3.41. The van der Waals surface area contributed by atoms with E-state index in [1.165, 1.54) is 11.1 Å². The highest BCUT2D eigenvalue weighted by molar-refractivity contribution is 6.09. The fraction of sp³-hybridized carbons (Fsp3) is 0.0882. The molecular formula is C34H27N2O2+. The van der Waals surface area contributed by atoms with Crippen molar-refractivity contribution in [1.29, 1.82) is 0 Å². The summed E-state index contributed by atoms with van der Waals surface area (Å²) >= 11 is 0. The second-order valence-electron chi connectivity index (χ2n) is 9.82. The summed E-state index contributed by atoms with van der Waals surface area (Å²) in [6.45, 7) is 4.26. The number of hydrogen-bond acceptors (Lipinski definition) is 2. The van der Waals surface area contributed by atoms with Crippen molar-refractivity contribution < 1.29 is 13.7 Å². The van der Waals surface area contributed by atoms with Crippen LogP contribution in [-0.2, 0) is 0 Å². The topological polar surface area (TPSA) is 31.2 Å². The smallest absolute Gasteiger partial charge is 0.455 e. The lowest BCUT2D eigenvalue weighted by Crippen LogP contribution is -2.31. The maximum absolute atomic E-state index is 6.37. The first kappa shape index (κ1) is 22.4. The van der Waals surface area contributed by atoms with Crippen molar-refractivity contribution in [3.05, 3.63) is 120 Å². The highest BCUT2D eigenvalue weighted by atomic mass is 16.5. The Balaban J connectivity index is 1.55. The van der Waals surface area contributed by atoms with Gasteiger partial charge in [-0.2, -0.15) is 9.13 Å². The lowest BCUT2D eigenvalue weighted by atomic mass is 10.0. The standard InChI is InChI=1S/C34H27N2O2/c1-22-18-23(2)20-26(19-22)36-30-17-16-24(21-31(30)35(34(36)37-3)25-10-5-4-6-11-25)27-13-9-14-29-28-12-7-8-15-32(28)38-33(27)29/h4-21H,1-3H3/q+1. The van der Waals surface area contributed by atoms with Gasteiger partial charge in [-0.1, -0.05) is 60.7 Å². The molecule has 0 fully saturated rings. The summed E-state index contributed by atoms with van der Waals surface area (Å²) in [4.78, 5) is 0. The zero-order chi connectivity index (χ0) is 25.8. The summed E-state index contributed by atoms with van der Waals surface area (Å²) in [5.41, 5.74) is 10.6. The summed E-state index contributed by atoms with van der Waals surface area (Å²) in [7, 11) is 1.74. The van der Waals surface area contributed by atoms with E-state index in [4.69, 9.17) is 9.15 Å². The second kappa shape index (κ2) is 8.63. The molecule has 0 spiro atoms. The molecule has 2 aromatic heterocycles. The van der Waals surface area contributed by atoms with Gasteiger partial charge in [-0.15, -0.1) is 0 Å². The number of nitrogens with zero attached hydrogens (tertiary/aromatic N) is 2. The van der Waals surface area contributed by atoms with Gasteiger partial charge in [-0.25, -0.2) is 0 Å². The normalized spacial score (nSPS) is 11.6. The fourth-order valence-corrected chi connectivity index (χ4v) is 5.68. The lowest BCUT2D eigenvalue weighted by Gasteiger charge is -2.05. The van der Waals surface area contributed by atoms with E-state index in [2.05, 4.69) is 114 Å². The molecule has 38 heavy (non-hydrogen) atoms. The molecule has 4 heteroatoms. The van der Waals surface area contributed by atoms with Gasteiger partial charge in [0.05, 0.1) is 7.11 Å². The Morgan fingerprint density at radius 2 is 1.45 bits per heavy atom. The number of imidazole rings is 1. The Hall–Kier alpha value is -4.83. The zero-order valence-electron chi connectivity index (χ0n) is 21.6. The van der Waals surface area contributed by atoms with Gasteiger partial charge >= 0.3 is 6.01 Å². The molecule has 0 bridgehead atoms. The highest BCUT2D eigenvalue weighted by Gasteiger charge is 2.30. The predicted octanol–water partition coefficient (Wildman–Crippen LogP) is 8.10. The zero-order valence-corrected chi connectivity index (χ0v) is 21.6. The van der Waals surface area contributed by atoms with Crippen molar-refractivity contribution in [2.45, 2.75) is 13.8 Å².